The molecule has 0 aliphatic heterocycles. The van der Waals surface area contributed by atoms with Crippen LogP contribution in [-0.2, 0) is 11.3 Å². The summed E-state index contributed by atoms with van der Waals surface area (Å²) in [5.41, 5.74) is 3.79. The summed E-state index contributed by atoms with van der Waals surface area (Å²) in [6.45, 7) is 6.88. The Labute approximate surface area is 180 Å². The molecule has 2 atom stereocenters. The van der Waals surface area contributed by atoms with Gasteiger partial charge in [-0.15, -0.1) is 10.2 Å². The Kier molecular flexibility index (Phi) is 5.99. The van der Waals surface area contributed by atoms with Gasteiger partial charge in [0.15, 0.2) is 5.65 Å². The topological polar surface area (TPSA) is 72.7 Å². The van der Waals surface area contributed by atoms with Crippen molar-refractivity contribution >= 4 is 39.7 Å². The maximum Gasteiger partial charge on any atom is 0.234 e. The van der Waals surface area contributed by atoms with E-state index in [1.54, 1.807) is 0 Å². The number of amides is 1. The third kappa shape index (κ3) is 3.89. The van der Waals surface area contributed by atoms with Crippen LogP contribution in [0.2, 0.25) is 0 Å². The third-order valence-electron chi connectivity index (χ3n) is 5.24. The number of para-hydroxylation sites is 1. The van der Waals surface area contributed by atoms with Crippen molar-refractivity contribution in [3.63, 3.8) is 0 Å². The summed E-state index contributed by atoms with van der Waals surface area (Å²) in [6, 6.07) is 18.0. The SMILES string of the molecule is CC[C@H](Sc1nnc2c3ccccc3n(CC)c2n1)C(=O)N[C@@H](C)c1ccccc1. The number of aromatic nitrogens is 4. The summed E-state index contributed by atoms with van der Waals surface area (Å²) in [6.07, 6.45) is 0.677. The van der Waals surface area contributed by atoms with Gasteiger partial charge in [-0.05, 0) is 31.9 Å². The van der Waals surface area contributed by atoms with Crippen molar-refractivity contribution in [2.75, 3.05) is 0 Å². The van der Waals surface area contributed by atoms with Crippen molar-refractivity contribution in [2.45, 2.75) is 50.2 Å². The summed E-state index contributed by atoms with van der Waals surface area (Å²) in [5.74, 6) is -0.0152. The summed E-state index contributed by atoms with van der Waals surface area (Å²) in [5, 5.41) is 13.2. The van der Waals surface area contributed by atoms with Gasteiger partial charge in [-0.2, -0.15) is 0 Å². The fourth-order valence-electron chi connectivity index (χ4n) is 3.64. The second-order valence-corrected chi connectivity index (χ2v) is 8.35. The van der Waals surface area contributed by atoms with Gasteiger partial charge < -0.3 is 9.88 Å². The molecule has 0 unspecified atom stereocenters. The highest BCUT2D eigenvalue weighted by atomic mass is 32.2. The first-order valence-corrected chi connectivity index (χ1v) is 11.1. The quantitative estimate of drug-likeness (QED) is 0.438. The number of fused-ring (bicyclic) bond motifs is 3. The van der Waals surface area contributed by atoms with E-state index in [-0.39, 0.29) is 17.2 Å². The van der Waals surface area contributed by atoms with E-state index < -0.39 is 0 Å². The van der Waals surface area contributed by atoms with E-state index in [1.807, 2.05) is 62.4 Å². The van der Waals surface area contributed by atoms with E-state index in [9.17, 15) is 4.79 Å². The first-order chi connectivity index (χ1) is 14.6. The monoisotopic (exact) mass is 419 g/mol. The summed E-state index contributed by atoms with van der Waals surface area (Å²) in [4.78, 5) is 17.6. The lowest BCUT2D eigenvalue weighted by molar-refractivity contribution is -0.121. The van der Waals surface area contributed by atoms with Crippen molar-refractivity contribution in [2.24, 2.45) is 0 Å². The van der Waals surface area contributed by atoms with Crippen molar-refractivity contribution in [1.82, 2.24) is 25.1 Å². The van der Waals surface area contributed by atoms with E-state index in [4.69, 9.17) is 4.98 Å². The van der Waals surface area contributed by atoms with Crippen LogP contribution in [0.5, 0.6) is 0 Å². The number of nitrogens with zero attached hydrogens (tertiary/aromatic N) is 4. The molecule has 4 rings (SSSR count). The number of carbonyl (C=O) groups is 1. The summed E-state index contributed by atoms with van der Waals surface area (Å²) >= 11 is 1.37. The molecule has 0 saturated carbocycles. The molecule has 0 saturated heterocycles. The van der Waals surface area contributed by atoms with E-state index in [1.165, 1.54) is 11.8 Å². The Bertz CT molecular complexity index is 1170. The Morgan fingerprint density at radius 2 is 1.80 bits per heavy atom. The molecule has 0 radical (unpaired) electrons. The molecule has 2 aromatic carbocycles. The zero-order valence-electron chi connectivity index (χ0n) is 17.4. The van der Waals surface area contributed by atoms with E-state index in [0.29, 0.717) is 11.6 Å². The number of benzene rings is 2. The second-order valence-electron chi connectivity index (χ2n) is 7.18. The third-order valence-corrected chi connectivity index (χ3v) is 6.46. The van der Waals surface area contributed by atoms with Gasteiger partial charge in [0.1, 0.15) is 5.52 Å². The van der Waals surface area contributed by atoms with E-state index in [0.717, 1.165) is 34.2 Å². The van der Waals surface area contributed by atoms with Gasteiger partial charge in [-0.1, -0.05) is 67.2 Å². The summed E-state index contributed by atoms with van der Waals surface area (Å²) in [7, 11) is 0. The van der Waals surface area contributed by atoms with Gasteiger partial charge in [0.2, 0.25) is 11.1 Å². The lowest BCUT2D eigenvalue weighted by atomic mass is 10.1. The number of hydrogen-bond acceptors (Lipinski definition) is 5. The molecular weight excluding hydrogens is 394 g/mol. The van der Waals surface area contributed by atoms with Crippen LogP contribution >= 0.6 is 11.8 Å². The minimum atomic E-state index is -0.283. The summed E-state index contributed by atoms with van der Waals surface area (Å²) < 4.78 is 2.14. The van der Waals surface area contributed by atoms with E-state index >= 15 is 0 Å². The lowest BCUT2D eigenvalue weighted by Gasteiger charge is -2.18. The molecule has 7 heteroatoms. The highest BCUT2D eigenvalue weighted by Gasteiger charge is 2.22. The molecule has 1 amide bonds. The predicted molar refractivity (Wildman–Crippen MR) is 121 cm³/mol. The molecule has 0 spiro atoms. The van der Waals surface area contributed by atoms with Gasteiger partial charge in [0.25, 0.3) is 0 Å². The molecule has 0 aliphatic carbocycles. The molecule has 154 valence electrons. The normalized spacial score (nSPS) is 13.4. The fraction of sp³-hybridized carbons (Fsp3) is 0.304. The van der Waals surface area contributed by atoms with Gasteiger partial charge in [0.05, 0.1) is 16.8 Å². The standard InChI is InChI=1S/C23H25N5OS/c1-4-19(22(29)24-15(3)16-11-7-6-8-12-16)30-23-25-21-20(26-27-23)17-13-9-10-14-18(17)28(21)5-2/h6-15,19H,4-5H2,1-3H3,(H,24,29)/t15-,19-/m0/s1. The molecule has 6 nitrogen and oxygen atoms in total. The van der Waals surface area contributed by atoms with Gasteiger partial charge in [-0.25, -0.2) is 4.98 Å². The highest BCUT2D eigenvalue weighted by molar-refractivity contribution is 8.00. The van der Waals surface area contributed by atoms with Crippen molar-refractivity contribution in [3.8, 4) is 0 Å². The van der Waals surface area contributed by atoms with Crippen LogP contribution < -0.4 is 5.32 Å². The molecule has 2 heterocycles. The van der Waals surface area contributed by atoms with E-state index in [2.05, 4.69) is 33.1 Å². The van der Waals surface area contributed by atoms with Crippen molar-refractivity contribution < 1.29 is 4.79 Å². The Hall–Kier alpha value is -2.93. The maximum atomic E-state index is 12.9. The van der Waals surface area contributed by atoms with Crippen LogP contribution in [0.1, 0.15) is 38.8 Å². The molecule has 0 fully saturated rings. The fourth-order valence-corrected chi connectivity index (χ4v) is 4.46. The van der Waals surface area contributed by atoms with Crippen LogP contribution in [0.15, 0.2) is 59.8 Å². The smallest absolute Gasteiger partial charge is 0.234 e. The van der Waals surface area contributed by atoms with Gasteiger partial charge in [0, 0.05) is 11.9 Å². The lowest BCUT2D eigenvalue weighted by Crippen LogP contribution is -2.34. The van der Waals surface area contributed by atoms with Gasteiger partial charge in [-0.3, -0.25) is 4.79 Å². The number of thioether (sulfide) groups is 1. The minimum Gasteiger partial charge on any atom is -0.349 e. The molecule has 0 aliphatic rings. The maximum absolute atomic E-state index is 12.9. The molecule has 0 bridgehead atoms. The average Bonchev–Trinajstić information content (AvgIpc) is 3.10. The molecule has 1 N–H and O–H groups in total. The molecular formula is C23H25N5OS. The zero-order chi connectivity index (χ0) is 21.1. The highest BCUT2D eigenvalue weighted by Crippen LogP contribution is 2.29. The Balaban J connectivity index is 1.57. The van der Waals surface area contributed by atoms with Crippen LogP contribution in [-0.4, -0.2) is 30.9 Å². The van der Waals surface area contributed by atoms with Crippen LogP contribution in [0, 0.1) is 0 Å². The number of carbonyl (C=O) groups excluding carboxylic acids is 1. The Morgan fingerprint density at radius 1 is 1.07 bits per heavy atom. The van der Waals surface area contributed by atoms with Crippen molar-refractivity contribution in [1.29, 1.82) is 0 Å². The number of rotatable bonds is 7. The largest absolute Gasteiger partial charge is 0.349 e. The number of hydrogen-bond donors (Lipinski definition) is 1. The number of aryl methyl sites for hydroxylation is 1. The second kappa shape index (κ2) is 8.83. The molecule has 2 aromatic heterocycles. The first kappa shape index (κ1) is 20.3. The molecule has 30 heavy (non-hydrogen) atoms. The first-order valence-electron chi connectivity index (χ1n) is 10.3. The average molecular weight is 420 g/mol. The minimum absolute atomic E-state index is 0.0152. The van der Waals surface area contributed by atoms with Crippen LogP contribution in [0.25, 0.3) is 22.1 Å². The zero-order valence-corrected chi connectivity index (χ0v) is 18.2. The van der Waals surface area contributed by atoms with Gasteiger partial charge >= 0.3 is 0 Å². The molecule has 4 aromatic rings. The van der Waals surface area contributed by atoms with Crippen LogP contribution in [0.4, 0.5) is 0 Å². The predicted octanol–water partition coefficient (Wildman–Crippen LogP) is 4.75. The Morgan fingerprint density at radius 3 is 2.53 bits per heavy atom. The van der Waals surface area contributed by atoms with Crippen molar-refractivity contribution in [3.05, 3.63) is 60.2 Å². The number of nitrogens with one attached hydrogen (secondary N) is 1. The van der Waals surface area contributed by atoms with Crippen LogP contribution in [0.3, 0.4) is 0 Å².